The van der Waals surface area contributed by atoms with Crippen LogP contribution in [-0.4, -0.2) is 69.5 Å². The number of morpholine rings is 1. The third kappa shape index (κ3) is 5.56. The highest BCUT2D eigenvalue weighted by atomic mass is 32.2. The summed E-state index contributed by atoms with van der Waals surface area (Å²) in [4.78, 5) is 14.3. The van der Waals surface area contributed by atoms with Crippen LogP contribution in [0.15, 0.2) is 53.4 Å². The molecule has 0 radical (unpaired) electrons. The highest BCUT2D eigenvalue weighted by Crippen LogP contribution is 2.37. The summed E-state index contributed by atoms with van der Waals surface area (Å²) in [6.45, 7) is 2.19. The summed E-state index contributed by atoms with van der Waals surface area (Å²) in [7, 11) is -4.23. The largest absolute Gasteiger partial charge is 0.493 e. The van der Waals surface area contributed by atoms with Gasteiger partial charge in [-0.3, -0.25) is 4.79 Å². The van der Waals surface area contributed by atoms with Crippen LogP contribution in [0.25, 0.3) is 0 Å². The van der Waals surface area contributed by atoms with Crippen molar-refractivity contribution in [2.75, 3.05) is 46.0 Å². The highest BCUT2D eigenvalue weighted by molar-refractivity contribution is 7.89. The van der Waals surface area contributed by atoms with Gasteiger partial charge in [-0.15, -0.1) is 0 Å². The van der Waals surface area contributed by atoms with E-state index < -0.39 is 32.0 Å². The summed E-state index contributed by atoms with van der Waals surface area (Å²) < 4.78 is 66.8. The molecule has 2 aliphatic heterocycles. The average molecular weight is 495 g/mol. The number of rotatable bonds is 7. The van der Waals surface area contributed by atoms with Gasteiger partial charge >= 0.3 is 0 Å². The molecule has 0 aromatic heterocycles. The number of para-hydroxylation sites is 1. The molecule has 184 valence electrons. The Morgan fingerprint density at radius 2 is 1.79 bits per heavy atom. The molecule has 1 amide bonds. The molecule has 2 saturated heterocycles. The Hall–Kier alpha value is -2.56. The molecule has 4 rings (SSSR count). The van der Waals surface area contributed by atoms with Crippen LogP contribution in [0.4, 0.5) is 8.78 Å². The molecule has 2 heterocycles. The number of sulfonamides is 1. The van der Waals surface area contributed by atoms with Crippen molar-refractivity contribution in [1.82, 2.24) is 9.21 Å². The minimum Gasteiger partial charge on any atom is -0.493 e. The number of halogens is 2. The van der Waals surface area contributed by atoms with Crippen molar-refractivity contribution in [1.29, 1.82) is 0 Å². The molecular weight excluding hydrogens is 466 g/mol. The topological polar surface area (TPSA) is 76.2 Å². The molecule has 0 N–H and O–H groups in total. The number of amides is 1. The monoisotopic (exact) mass is 494 g/mol. The number of nitrogens with zero attached hydrogens (tertiary/aromatic N) is 2. The zero-order valence-corrected chi connectivity index (χ0v) is 19.6. The fraction of sp³-hybridized carbons (Fsp3) is 0.458. The average Bonchev–Trinajstić information content (AvgIpc) is 2.84. The number of ether oxygens (including phenoxy) is 2. The normalized spacial score (nSPS) is 21.9. The van der Waals surface area contributed by atoms with Crippen molar-refractivity contribution in [2.24, 2.45) is 5.41 Å². The fourth-order valence-electron chi connectivity index (χ4n) is 4.50. The van der Waals surface area contributed by atoms with Gasteiger partial charge in [0.1, 0.15) is 22.3 Å². The Morgan fingerprint density at radius 1 is 1.06 bits per heavy atom. The predicted octanol–water partition coefficient (Wildman–Crippen LogP) is 3.06. The van der Waals surface area contributed by atoms with E-state index in [9.17, 15) is 22.0 Å². The number of hydrogen-bond donors (Lipinski definition) is 0. The van der Waals surface area contributed by atoms with Gasteiger partial charge in [-0.05, 0) is 37.1 Å². The maximum atomic E-state index is 14.4. The van der Waals surface area contributed by atoms with Gasteiger partial charge in [-0.25, -0.2) is 17.2 Å². The second kappa shape index (κ2) is 10.4. The molecule has 2 fully saturated rings. The van der Waals surface area contributed by atoms with E-state index in [4.69, 9.17) is 9.47 Å². The number of hydrogen-bond acceptors (Lipinski definition) is 5. The number of piperidine rings is 1. The number of carbonyl (C=O) groups excluding carboxylic acids is 1. The van der Waals surface area contributed by atoms with Crippen molar-refractivity contribution < 1.29 is 31.5 Å². The van der Waals surface area contributed by atoms with E-state index in [1.54, 1.807) is 17.0 Å². The summed E-state index contributed by atoms with van der Waals surface area (Å²) in [6.07, 6.45) is 1.15. The van der Waals surface area contributed by atoms with Crippen LogP contribution in [0.5, 0.6) is 5.75 Å². The number of carbonyl (C=O) groups is 1. The Kier molecular flexibility index (Phi) is 7.49. The SMILES string of the molecule is O=C(C[C@]1(COc2ccccc2)CCCN(S(=O)(=O)c2ccc(F)cc2F)C1)N1CCOCC1. The summed E-state index contributed by atoms with van der Waals surface area (Å²) in [5.74, 6) is -1.46. The molecule has 34 heavy (non-hydrogen) atoms. The second-order valence-electron chi connectivity index (χ2n) is 8.79. The van der Waals surface area contributed by atoms with Crippen molar-refractivity contribution in [3.8, 4) is 5.75 Å². The molecular formula is C24H28F2N2O5S. The van der Waals surface area contributed by atoms with Gasteiger partial charge < -0.3 is 14.4 Å². The lowest BCUT2D eigenvalue weighted by atomic mass is 9.78. The van der Waals surface area contributed by atoms with E-state index >= 15 is 0 Å². The zero-order valence-electron chi connectivity index (χ0n) is 18.8. The molecule has 7 nitrogen and oxygen atoms in total. The Balaban J connectivity index is 1.59. The highest BCUT2D eigenvalue weighted by Gasteiger charge is 2.43. The molecule has 2 aliphatic rings. The van der Waals surface area contributed by atoms with Gasteiger partial charge in [0.25, 0.3) is 0 Å². The molecule has 1 atom stereocenters. The van der Waals surface area contributed by atoms with Crippen LogP contribution in [0.3, 0.4) is 0 Å². The van der Waals surface area contributed by atoms with Crippen molar-refractivity contribution >= 4 is 15.9 Å². The predicted molar refractivity (Wildman–Crippen MR) is 121 cm³/mol. The molecule has 2 aromatic rings. The third-order valence-corrected chi connectivity index (χ3v) is 8.19. The van der Waals surface area contributed by atoms with Crippen LogP contribution < -0.4 is 4.74 Å². The Morgan fingerprint density at radius 3 is 2.50 bits per heavy atom. The van der Waals surface area contributed by atoms with Crippen molar-refractivity contribution in [3.63, 3.8) is 0 Å². The van der Waals surface area contributed by atoms with Gasteiger partial charge in [0.15, 0.2) is 0 Å². The van der Waals surface area contributed by atoms with Gasteiger partial charge in [-0.2, -0.15) is 4.31 Å². The fourth-order valence-corrected chi connectivity index (χ4v) is 6.14. The molecule has 0 aliphatic carbocycles. The Labute approximate surface area is 198 Å². The van der Waals surface area contributed by atoms with E-state index in [1.165, 1.54) is 4.31 Å². The smallest absolute Gasteiger partial charge is 0.246 e. The lowest BCUT2D eigenvalue weighted by molar-refractivity contribution is -0.139. The molecule has 0 spiro atoms. The quantitative estimate of drug-likeness (QED) is 0.592. The van der Waals surface area contributed by atoms with Gasteiger partial charge in [0, 0.05) is 44.1 Å². The second-order valence-corrected chi connectivity index (χ2v) is 10.7. The standard InChI is InChI=1S/C24H28F2N2O5S/c25-19-7-8-22(21(26)15-19)34(30,31)28-10-4-9-24(17-28,18-33-20-5-2-1-3-6-20)16-23(29)27-11-13-32-14-12-27/h1-3,5-8,15H,4,9-14,16-18H2/t24-/m1/s1. The first kappa shape index (κ1) is 24.6. The van der Waals surface area contributed by atoms with Crippen LogP contribution >= 0.6 is 0 Å². The van der Waals surface area contributed by atoms with Crippen molar-refractivity contribution in [2.45, 2.75) is 24.2 Å². The first-order valence-corrected chi connectivity index (χ1v) is 12.7. The summed E-state index contributed by atoms with van der Waals surface area (Å²) >= 11 is 0. The maximum absolute atomic E-state index is 14.4. The van der Waals surface area contributed by atoms with Gasteiger partial charge in [-0.1, -0.05) is 18.2 Å². The van der Waals surface area contributed by atoms with Crippen LogP contribution in [-0.2, 0) is 19.6 Å². The van der Waals surface area contributed by atoms with E-state index in [0.717, 1.165) is 12.1 Å². The number of benzene rings is 2. The summed E-state index contributed by atoms with van der Waals surface area (Å²) in [5.41, 5.74) is -0.799. The van der Waals surface area contributed by atoms with Crippen LogP contribution in [0.2, 0.25) is 0 Å². The minimum atomic E-state index is -4.23. The van der Waals surface area contributed by atoms with E-state index in [0.29, 0.717) is 51.0 Å². The van der Waals surface area contributed by atoms with Crippen LogP contribution in [0, 0.1) is 17.0 Å². The lowest BCUT2D eigenvalue weighted by Gasteiger charge is -2.42. The Bertz CT molecular complexity index is 1110. The van der Waals surface area contributed by atoms with Gasteiger partial charge in [0.2, 0.25) is 15.9 Å². The third-order valence-electron chi connectivity index (χ3n) is 6.32. The maximum Gasteiger partial charge on any atom is 0.246 e. The lowest BCUT2D eigenvalue weighted by Crippen LogP contribution is -2.52. The van der Waals surface area contributed by atoms with Gasteiger partial charge in [0.05, 0.1) is 19.8 Å². The molecule has 10 heteroatoms. The van der Waals surface area contributed by atoms with Crippen molar-refractivity contribution in [3.05, 3.63) is 60.2 Å². The molecule has 0 saturated carbocycles. The van der Waals surface area contributed by atoms with E-state index in [2.05, 4.69) is 0 Å². The van der Waals surface area contributed by atoms with Crippen LogP contribution in [0.1, 0.15) is 19.3 Å². The summed E-state index contributed by atoms with van der Waals surface area (Å²) in [5, 5.41) is 0. The molecule has 0 unspecified atom stereocenters. The van der Waals surface area contributed by atoms with E-state index in [-0.39, 0.29) is 32.0 Å². The first-order valence-electron chi connectivity index (χ1n) is 11.3. The summed E-state index contributed by atoms with van der Waals surface area (Å²) in [6, 6.07) is 11.5. The molecule has 0 bridgehead atoms. The zero-order chi connectivity index (χ0) is 24.2. The first-order chi connectivity index (χ1) is 16.3. The molecule has 2 aromatic carbocycles. The van der Waals surface area contributed by atoms with E-state index in [1.807, 2.05) is 18.2 Å². The minimum absolute atomic E-state index is 0.00490.